The molecule has 0 aliphatic carbocycles. The normalized spacial score (nSPS) is 11.0. The molecule has 1 amide bonds. The first-order valence-electron chi connectivity index (χ1n) is 9.68. The number of sulfonamides is 1. The molecule has 0 saturated heterocycles. The number of amides is 1. The highest BCUT2D eigenvalue weighted by molar-refractivity contribution is 7.92. The van der Waals surface area contributed by atoms with E-state index in [2.05, 4.69) is 10.0 Å². The highest BCUT2D eigenvalue weighted by atomic mass is 35.5. The minimum atomic E-state index is -3.82. The quantitative estimate of drug-likeness (QED) is 0.486. The number of hydrogen-bond donors (Lipinski definition) is 2. The van der Waals surface area contributed by atoms with Gasteiger partial charge < -0.3 is 14.8 Å². The van der Waals surface area contributed by atoms with Gasteiger partial charge in [0.05, 0.1) is 22.7 Å². The van der Waals surface area contributed by atoms with Gasteiger partial charge in [-0.05, 0) is 55.0 Å². The third kappa shape index (κ3) is 6.38. The Balaban J connectivity index is 1.54. The molecule has 3 rings (SSSR count). The van der Waals surface area contributed by atoms with Crippen LogP contribution >= 0.6 is 11.6 Å². The van der Waals surface area contributed by atoms with E-state index in [0.717, 1.165) is 11.1 Å². The van der Waals surface area contributed by atoms with Crippen molar-refractivity contribution in [2.45, 2.75) is 18.4 Å². The first-order chi connectivity index (χ1) is 15.3. The average Bonchev–Trinajstić information content (AvgIpc) is 2.76. The third-order valence-corrected chi connectivity index (χ3v) is 6.17. The van der Waals surface area contributed by atoms with Crippen molar-refractivity contribution in [1.82, 2.24) is 5.32 Å². The molecule has 0 saturated carbocycles. The molecule has 0 aliphatic rings. The summed E-state index contributed by atoms with van der Waals surface area (Å²) in [6.45, 7) is 2.21. The molecule has 0 aromatic heterocycles. The molecule has 2 N–H and O–H groups in total. The van der Waals surface area contributed by atoms with E-state index in [1.165, 1.54) is 37.4 Å². The standard InChI is InChI=1S/C23H23ClN2O5S/c1-16-4-3-5-17(12-16)14-25-23(27)15-31-19-7-9-20(10-8-19)32(28,29)26-18-6-11-22(30-2)21(24)13-18/h3-13,26H,14-15H2,1-2H3,(H,25,27). The average molecular weight is 475 g/mol. The summed E-state index contributed by atoms with van der Waals surface area (Å²) in [5.74, 6) is 0.544. The molecule has 32 heavy (non-hydrogen) atoms. The van der Waals surface area contributed by atoms with E-state index >= 15 is 0 Å². The molecule has 168 valence electrons. The molecule has 0 spiro atoms. The summed E-state index contributed by atoms with van der Waals surface area (Å²) < 4.78 is 38.2. The van der Waals surface area contributed by atoms with Crippen LogP contribution in [0.2, 0.25) is 5.02 Å². The zero-order valence-corrected chi connectivity index (χ0v) is 19.2. The van der Waals surface area contributed by atoms with E-state index in [9.17, 15) is 13.2 Å². The van der Waals surface area contributed by atoms with Crippen LogP contribution in [0.1, 0.15) is 11.1 Å². The molecule has 0 bridgehead atoms. The van der Waals surface area contributed by atoms with E-state index in [4.69, 9.17) is 21.1 Å². The number of rotatable bonds is 9. The van der Waals surface area contributed by atoms with Gasteiger partial charge in [0.1, 0.15) is 11.5 Å². The monoisotopic (exact) mass is 474 g/mol. The topological polar surface area (TPSA) is 93.7 Å². The van der Waals surface area contributed by atoms with Gasteiger partial charge in [0, 0.05) is 6.54 Å². The Morgan fingerprint density at radius 1 is 1.03 bits per heavy atom. The number of hydrogen-bond acceptors (Lipinski definition) is 5. The number of carbonyl (C=O) groups is 1. The number of carbonyl (C=O) groups excluding carboxylic acids is 1. The smallest absolute Gasteiger partial charge is 0.261 e. The maximum Gasteiger partial charge on any atom is 0.261 e. The van der Waals surface area contributed by atoms with Crippen molar-refractivity contribution in [2.75, 3.05) is 18.4 Å². The zero-order valence-electron chi connectivity index (χ0n) is 17.6. The van der Waals surface area contributed by atoms with Crippen LogP contribution in [-0.2, 0) is 21.4 Å². The number of ether oxygens (including phenoxy) is 2. The molecule has 0 unspecified atom stereocenters. The SMILES string of the molecule is COc1ccc(NS(=O)(=O)c2ccc(OCC(=O)NCc3cccc(C)c3)cc2)cc1Cl. The minimum Gasteiger partial charge on any atom is -0.495 e. The number of aryl methyl sites for hydroxylation is 1. The Morgan fingerprint density at radius 2 is 1.78 bits per heavy atom. The highest BCUT2D eigenvalue weighted by Crippen LogP contribution is 2.28. The summed E-state index contributed by atoms with van der Waals surface area (Å²) >= 11 is 6.04. The Labute approximate surface area is 192 Å². The molecule has 7 nitrogen and oxygen atoms in total. The molecule has 0 radical (unpaired) electrons. The van der Waals surface area contributed by atoms with Gasteiger partial charge in [0.15, 0.2) is 6.61 Å². The maximum absolute atomic E-state index is 12.6. The Bertz CT molecular complexity index is 1200. The van der Waals surface area contributed by atoms with Crippen molar-refractivity contribution >= 4 is 33.2 Å². The highest BCUT2D eigenvalue weighted by Gasteiger charge is 2.15. The number of anilines is 1. The number of halogens is 1. The van der Waals surface area contributed by atoms with Crippen LogP contribution in [0.15, 0.2) is 71.6 Å². The summed E-state index contributed by atoms with van der Waals surface area (Å²) in [5.41, 5.74) is 2.42. The van der Waals surface area contributed by atoms with Gasteiger partial charge in [-0.3, -0.25) is 9.52 Å². The lowest BCUT2D eigenvalue weighted by molar-refractivity contribution is -0.123. The molecule has 0 fully saturated rings. The van der Waals surface area contributed by atoms with Crippen LogP contribution in [0, 0.1) is 6.92 Å². The lowest BCUT2D eigenvalue weighted by atomic mass is 10.1. The predicted octanol–water partition coefficient (Wildman–Crippen LogP) is 4.15. The van der Waals surface area contributed by atoms with Gasteiger partial charge in [0.2, 0.25) is 0 Å². The van der Waals surface area contributed by atoms with Gasteiger partial charge in [0.25, 0.3) is 15.9 Å². The molecular formula is C23H23ClN2O5S. The summed E-state index contributed by atoms with van der Waals surface area (Å²) in [6, 6.07) is 18.2. The van der Waals surface area contributed by atoms with Crippen molar-refractivity contribution in [1.29, 1.82) is 0 Å². The van der Waals surface area contributed by atoms with Crippen LogP contribution in [0.5, 0.6) is 11.5 Å². The van der Waals surface area contributed by atoms with Gasteiger partial charge in [-0.2, -0.15) is 0 Å². The van der Waals surface area contributed by atoms with E-state index in [0.29, 0.717) is 23.7 Å². The molecule has 0 atom stereocenters. The summed E-state index contributed by atoms with van der Waals surface area (Å²) in [6.07, 6.45) is 0. The molecule has 3 aromatic carbocycles. The summed E-state index contributed by atoms with van der Waals surface area (Å²) in [5, 5.41) is 3.07. The summed E-state index contributed by atoms with van der Waals surface area (Å²) in [7, 11) is -2.35. The van der Waals surface area contributed by atoms with Crippen molar-refractivity contribution < 1.29 is 22.7 Å². The minimum absolute atomic E-state index is 0.0423. The molecule has 0 aliphatic heterocycles. The van der Waals surface area contributed by atoms with Crippen molar-refractivity contribution in [3.63, 3.8) is 0 Å². The Hall–Kier alpha value is -3.23. The van der Waals surface area contributed by atoms with E-state index in [1.54, 1.807) is 12.1 Å². The van der Waals surface area contributed by atoms with Crippen LogP contribution in [0.3, 0.4) is 0 Å². The number of benzene rings is 3. The van der Waals surface area contributed by atoms with Crippen molar-refractivity contribution in [3.8, 4) is 11.5 Å². The Kier molecular flexibility index (Phi) is 7.61. The molecular weight excluding hydrogens is 452 g/mol. The van der Waals surface area contributed by atoms with Gasteiger partial charge in [-0.15, -0.1) is 0 Å². The van der Waals surface area contributed by atoms with Crippen LogP contribution in [0.25, 0.3) is 0 Å². The Morgan fingerprint density at radius 3 is 2.44 bits per heavy atom. The molecule has 9 heteroatoms. The second kappa shape index (κ2) is 10.4. The lowest BCUT2D eigenvalue weighted by Gasteiger charge is -2.11. The molecule has 3 aromatic rings. The first kappa shape index (κ1) is 23.4. The lowest BCUT2D eigenvalue weighted by Crippen LogP contribution is -2.28. The largest absolute Gasteiger partial charge is 0.495 e. The van der Waals surface area contributed by atoms with E-state index in [1.807, 2.05) is 31.2 Å². The maximum atomic E-state index is 12.6. The first-order valence-corrected chi connectivity index (χ1v) is 11.5. The fourth-order valence-corrected chi connectivity index (χ4v) is 4.19. The van der Waals surface area contributed by atoms with Crippen LogP contribution < -0.4 is 19.5 Å². The fraction of sp³-hybridized carbons (Fsp3) is 0.174. The van der Waals surface area contributed by atoms with Gasteiger partial charge in [-0.1, -0.05) is 41.4 Å². The summed E-state index contributed by atoms with van der Waals surface area (Å²) in [4.78, 5) is 12.1. The molecule has 0 heterocycles. The van der Waals surface area contributed by atoms with Crippen molar-refractivity contribution in [3.05, 3.63) is 82.9 Å². The zero-order chi connectivity index (χ0) is 23.1. The fourth-order valence-electron chi connectivity index (χ4n) is 2.88. The predicted molar refractivity (Wildman–Crippen MR) is 124 cm³/mol. The number of nitrogens with one attached hydrogen (secondary N) is 2. The van der Waals surface area contributed by atoms with E-state index in [-0.39, 0.29) is 22.4 Å². The van der Waals surface area contributed by atoms with E-state index < -0.39 is 10.0 Å². The van der Waals surface area contributed by atoms with Gasteiger partial charge in [-0.25, -0.2) is 8.42 Å². The second-order valence-electron chi connectivity index (χ2n) is 6.98. The van der Waals surface area contributed by atoms with Crippen LogP contribution in [-0.4, -0.2) is 28.0 Å². The van der Waals surface area contributed by atoms with Crippen molar-refractivity contribution in [2.24, 2.45) is 0 Å². The van der Waals surface area contributed by atoms with Crippen LogP contribution in [0.4, 0.5) is 5.69 Å². The van der Waals surface area contributed by atoms with Gasteiger partial charge >= 0.3 is 0 Å². The second-order valence-corrected chi connectivity index (χ2v) is 9.07. The third-order valence-electron chi connectivity index (χ3n) is 4.48. The number of methoxy groups -OCH3 is 1.